The van der Waals surface area contributed by atoms with Gasteiger partial charge < -0.3 is 5.32 Å². The molecule has 1 saturated heterocycles. The number of amidine groups is 1. The number of nitrogens with one attached hydrogen (secondary N) is 1. The highest BCUT2D eigenvalue weighted by Gasteiger charge is 2.14. The van der Waals surface area contributed by atoms with Crippen LogP contribution in [0.5, 0.6) is 0 Å². The molecule has 1 N–H and O–H groups in total. The van der Waals surface area contributed by atoms with Gasteiger partial charge in [0.05, 0.1) is 0 Å². The Morgan fingerprint density at radius 2 is 2.19 bits per heavy atom. The molecule has 1 atom stereocenters. The van der Waals surface area contributed by atoms with E-state index in [1.165, 1.54) is 5.56 Å². The van der Waals surface area contributed by atoms with Crippen molar-refractivity contribution in [3.05, 3.63) is 35.9 Å². The third kappa shape index (κ3) is 3.56. The van der Waals surface area contributed by atoms with Gasteiger partial charge in [-0.2, -0.15) is 0 Å². The van der Waals surface area contributed by atoms with Crippen LogP contribution in [-0.2, 0) is 6.42 Å². The van der Waals surface area contributed by atoms with Gasteiger partial charge in [-0.15, -0.1) is 0 Å². The quantitative estimate of drug-likeness (QED) is 0.810. The zero-order chi connectivity index (χ0) is 11.2. The smallest absolute Gasteiger partial charge is 0.156 e. The first-order valence-electron chi connectivity index (χ1n) is 5.82. The van der Waals surface area contributed by atoms with Crippen molar-refractivity contribution in [2.24, 2.45) is 4.99 Å². The third-order valence-corrected chi connectivity index (χ3v) is 3.75. The lowest BCUT2D eigenvalue weighted by Crippen LogP contribution is -2.23. The summed E-state index contributed by atoms with van der Waals surface area (Å²) in [6, 6.07) is 11.2. The van der Waals surface area contributed by atoms with E-state index >= 15 is 0 Å². The van der Waals surface area contributed by atoms with Crippen LogP contribution < -0.4 is 5.32 Å². The van der Waals surface area contributed by atoms with Crippen molar-refractivity contribution in [2.45, 2.75) is 25.8 Å². The molecule has 16 heavy (non-hydrogen) atoms. The summed E-state index contributed by atoms with van der Waals surface area (Å²) >= 11 is 1.84. The maximum absolute atomic E-state index is 4.56. The Hall–Kier alpha value is -0.960. The summed E-state index contributed by atoms with van der Waals surface area (Å²) < 4.78 is 0. The van der Waals surface area contributed by atoms with Gasteiger partial charge in [-0.1, -0.05) is 42.1 Å². The first-order valence-corrected chi connectivity index (χ1v) is 6.81. The van der Waals surface area contributed by atoms with Gasteiger partial charge in [0.15, 0.2) is 5.17 Å². The maximum atomic E-state index is 4.56. The molecule has 1 unspecified atom stereocenters. The van der Waals surface area contributed by atoms with Crippen LogP contribution in [0.15, 0.2) is 35.3 Å². The van der Waals surface area contributed by atoms with Crippen LogP contribution in [0.3, 0.4) is 0 Å². The molecule has 0 saturated carbocycles. The van der Waals surface area contributed by atoms with E-state index < -0.39 is 0 Å². The lowest BCUT2D eigenvalue weighted by atomic mass is 10.1. The van der Waals surface area contributed by atoms with Gasteiger partial charge in [-0.3, -0.25) is 4.99 Å². The van der Waals surface area contributed by atoms with E-state index in [1.54, 1.807) is 0 Å². The summed E-state index contributed by atoms with van der Waals surface area (Å²) in [6.45, 7) is 3.12. The summed E-state index contributed by atoms with van der Waals surface area (Å²) in [5.74, 6) is 1.15. The SMILES string of the molecule is CC1CSC(=NCCCc2ccccc2)N1. The molecule has 0 bridgehead atoms. The Kier molecular flexibility index (Phi) is 4.28. The molecule has 3 heteroatoms. The summed E-state index contributed by atoms with van der Waals surface area (Å²) in [5, 5.41) is 4.49. The van der Waals surface area contributed by atoms with Crippen molar-refractivity contribution < 1.29 is 0 Å². The number of nitrogens with zero attached hydrogens (tertiary/aromatic N) is 1. The molecule has 2 nitrogen and oxygen atoms in total. The minimum absolute atomic E-state index is 0.581. The molecule has 1 aromatic rings. The van der Waals surface area contributed by atoms with Crippen molar-refractivity contribution in [1.29, 1.82) is 0 Å². The Morgan fingerprint density at radius 1 is 1.38 bits per heavy atom. The molecule has 1 aromatic carbocycles. The van der Waals surface area contributed by atoms with Gasteiger partial charge in [0.1, 0.15) is 0 Å². The second-order valence-electron chi connectivity index (χ2n) is 4.13. The summed E-state index contributed by atoms with van der Waals surface area (Å²) in [4.78, 5) is 4.56. The lowest BCUT2D eigenvalue weighted by molar-refractivity contribution is 0.759. The number of rotatable bonds is 4. The number of aliphatic imine (C=N–C) groups is 1. The molecule has 1 aliphatic heterocycles. The molecule has 1 heterocycles. The van der Waals surface area contributed by atoms with Gasteiger partial charge >= 0.3 is 0 Å². The van der Waals surface area contributed by atoms with Crippen LogP contribution in [-0.4, -0.2) is 23.5 Å². The second kappa shape index (κ2) is 5.94. The molecule has 0 amide bonds. The highest BCUT2D eigenvalue weighted by Crippen LogP contribution is 2.13. The highest BCUT2D eigenvalue weighted by atomic mass is 32.2. The van der Waals surface area contributed by atoms with Crippen molar-refractivity contribution in [3.63, 3.8) is 0 Å². The molecule has 0 aromatic heterocycles. The zero-order valence-electron chi connectivity index (χ0n) is 9.65. The summed E-state index contributed by atoms with van der Waals surface area (Å²) in [6.07, 6.45) is 2.25. The molecule has 1 aliphatic rings. The summed E-state index contributed by atoms with van der Waals surface area (Å²) in [7, 11) is 0. The first-order chi connectivity index (χ1) is 7.84. The Balaban J connectivity index is 1.69. The highest BCUT2D eigenvalue weighted by molar-refractivity contribution is 8.14. The van der Waals surface area contributed by atoms with Crippen LogP contribution in [0.4, 0.5) is 0 Å². The molecule has 0 aliphatic carbocycles. The first kappa shape index (κ1) is 11.5. The fourth-order valence-corrected chi connectivity index (χ4v) is 2.66. The lowest BCUT2D eigenvalue weighted by Gasteiger charge is -2.01. The molecule has 1 fully saturated rings. The van der Waals surface area contributed by atoms with E-state index in [0.29, 0.717) is 6.04 Å². The van der Waals surface area contributed by atoms with Gasteiger partial charge in [0.25, 0.3) is 0 Å². The standard InChI is InChI=1S/C13H18N2S/c1-11-10-16-13(15-11)14-9-5-8-12-6-3-2-4-7-12/h2-4,6-7,11H,5,8-10H2,1H3,(H,14,15). The van der Waals surface area contributed by atoms with Crippen molar-refractivity contribution in [2.75, 3.05) is 12.3 Å². The Morgan fingerprint density at radius 3 is 2.88 bits per heavy atom. The predicted octanol–water partition coefficient (Wildman–Crippen LogP) is 2.70. The van der Waals surface area contributed by atoms with E-state index in [9.17, 15) is 0 Å². The Labute approximate surface area is 102 Å². The van der Waals surface area contributed by atoms with Gasteiger partial charge in [-0.25, -0.2) is 0 Å². The van der Waals surface area contributed by atoms with E-state index in [4.69, 9.17) is 0 Å². The number of thioether (sulfide) groups is 1. The van der Waals surface area contributed by atoms with Crippen LogP contribution >= 0.6 is 11.8 Å². The maximum Gasteiger partial charge on any atom is 0.156 e. The third-order valence-electron chi connectivity index (χ3n) is 2.56. The van der Waals surface area contributed by atoms with Gasteiger partial charge in [0.2, 0.25) is 0 Å². The van der Waals surface area contributed by atoms with Crippen molar-refractivity contribution in [3.8, 4) is 0 Å². The Bertz CT molecular complexity index is 348. The van der Waals surface area contributed by atoms with E-state index in [1.807, 2.05) is 11.8 Å². The predicted molar refractivity (Wildman–Crippen MR) is 72.1 cm³/mol. The van der Waals surface area contributed by atoms with E-state index in [-0.39, 0.29) is 0 Å². The molecule has 0 radical (unpaired) electrons. The minimum atomic E-state index is 0.581. The molecule has 86 valence electrons. The number of hydrogen-bond acceptors (Lipinski definition) is 2. The van der Waals surface area contributed by atoms with Gasteiger partial charge in [-0.05, 0) is 25.3 Å². The van der Waals surface area contributed by atoms with E-state index in [0.717, 1.165) is 30.3 Å². The van der Waals surface area contributed by atoms with Gasteiger partial charge in [0, 0.05) is 18.3 Å². The number of benzene rings is 1. The van der Waals surface area contributed by atoms with Crippen LogP contribution in [0.1, 0.15) is 18.9 Å². The molecule has 0 spiro atoms. The second-order valence-corrected chi connectivity index (χ2v) is 5.14. The molecular weight excluding hydrogens is 216 g/mol. The fourth-order valence-electron chi connectivity index (χ4n) is 1.70. The van der Waals surface area contributed by atoms with Crippen molar-refractivity contribution >= 4 is 16.9 Å². The molecular formula is C13H18N2S. The average Bonchev–Trinajstić information content (AvgIpc) is 2.72. The number of hydrogen-bond donors (Lipinski definition) is 1. The van der Waals surface area contributed by atoms with Crippen LogP contribution in [0.25, 0.3) is 0 Å². The normalized spacial score (nSPS) is 22.3. The van der Waals surface area contributed by atoms with E-state index in [2.05, 4.69) is 47.6 Å². The van der Waals surface area contributed by atoms with Crippen LogP contribution in [0.2, 0.25) is 0 Å². The minimum Gasteiger partial charge on any atom is -0.362 e. The van der Waals surface area contributed by atoms with Crippen LogP contribution in [0, 0.1) is 0 Å². The number of aryl methyl sites for hydroxylation is 1. The zero-order valence-corrected chi connectivity index (χ0v) is 10.5. The fraction of sp³-hybridized carbons (Fsp3) is 0.462. The van der Waals surface area contributed by atoms with Crippen molar-refractivity contribution in [1.82, 2.24) is 5.32 Å². The topological polar surface area (TPSA) is 24.4 Å². The summed E-state index contributed by atoms with van der Waals surface area (Å²) in [5.41, 5.74) is 1.41. The monoisotopic (exact) mass is 234 g/mol. The largest absolute Gasteiger partial charge is 0.362 e. The average molecular weight is 234 g/mol. The molecule has 2 rings (SSSR count).